The van der Waals surface area contributed by atoms with Gasteiger partial charge in [-0.05, 0) is 0 Å². The van der Waals surface area contributed by atoms with E-state index >= 15 is 0 Å². The lowest BCUT2D eigenvalue weighted by atomic mass is 10.5. The molecule has 15 heavy (non-hydrogen) atoms. The molecule has 0 aliphatic rings. The van der Waals surface area contributed by atoms with Crippen molar-refractivity contribution in [1.29, 1.82) is 0 Å². The lowest BCUT2D eigenvalue weighted by Crippen LogP contribution is -2.34. The predicted molar refractivity (Wildman–Crippen MR) is 38.4 cm³/mol. The molecule has 0 aliphatic heterocycles. The molecule has 0 atom stereocenters. The first-order chi connectivity index (χ1) is 6.52. The molecule has 0 fully saturated rings. The first-order valence-electron chi connectivity index (χ1n) is 2.90. The van der Waals surface area contributed by atoms with Crippen LogP contribution in [-0.2, 0) is 19.5 Å². The quantitative estimate of drug-likeness (QED) is 0.250. The summed E-state index contributed by atoms with van der Waals surface area (Å²) in [6.07, 6.45) is -2.53. The van der Waals surface area contributed by atoms with Gasteiger partial charge in [0.1, 0.15) is 18.5 Å². The van der Waals surface area contributed by atoms with Crippen LogP contribution in [0.25, 0.3) is 0 Å². The molecule has 0 saturated heterocycles. The Bertz CT molecular complexity index is 301. The Balaban J connectivity index is 4.58. The van der Waals surface area contributed by atoms with Crippen molar-refractivity contribution < 1.29 is 45.2 Å². The Morgan fingerprint density at radius 2 is 1.73 bits per heavy atom. The first-order valence-corrected chi connectivity index (χ1v) is 5.08. The van der Waals surface area contributed by atoms with Gasteiger partial charge >= 0.3 is 20.6 Å². The van der Waals surface area contributed by atoms with Gasteiger partial charge in [-0.1, -0.05) is 5.04 Å². The molecule has 0 spiro atoms. The maximum absolute atomic E-state index is 12.4. The number of alkyl halides is 4. The minimum absolute atomic E-state index is 1.04. The molecule has 0 aromatic heterocycles. The standard InChI is InChI=1S/C3H4F4O6S2/c4-2(5,14-13-12-8)1-3(6,7)15(9,10)11/h8H,1H2,(H,9,10,11). The molecule has 0 bridgehead atoms. The van der Waals surface area contributed by atoms with Gasteiger partial charge in [0.25, 0.3) is 0 Å². The van der Waals surface area contributed by atoms with E-state index in [-0.39, 0.29) is 0 Å². The molecule has 12 heteroatoms. The summed E-state index contributed by atoms with van der Waals surface area (Å²) in [7, 11) is -5.95. The second kappa shape index (κ2) is 4.80. The van der Waals surface area contributed by atoms with E-state index in [1.54, 1.807) is 0 Å². The van der Waals surface area contributed by atoms with Gasteiger partial charge in [0.2, 0.25) is 0 Å². The molecule has 0 aliphatic carbocycles. The van der Waals surface area contributed by atoms with Crippen LogP contribution in [0.2, 0.25) is 0 Å². The summed E-state index contributed by atoms with van der Waals surface area (Å²) in [5, 5.41) is 0.734. The maximum Gasteiger partial charge on any atom is 0.376 e. The monoisotopic (exact) mass is 276 g/mol. The minimum Gasteiger partial charge on any atom is -0.281 e. The fraction of sp³-hybridized carbons (Fsp3) is 1.00. The molecule has 0 amide bonds. The van der Waals surface area contributed by atoms with Gasteiger partial charge in [-0.2, -0.15) is 26.0 Å². The van der Waals surface area contributed by atoms with Crippen molar-refractivity contribution in [3.8, 4) is 0 Å². The molecule has 0 unspecified atom stereocenters. The van der Waals surface area contributed by atoms with Gasteiger partial charge < -0.3 is 0 Å². The van der Waals surface area contributed by atoms with E-state index in [2.05, 4.69) is 9.37 Å². The maximum atomic E-state index is 12.4. The number of rotatable bonds is 6. The highest BCUT2D eigenvalue weighted by Gasteiger charge is 2.53. The molecule has 0 rings (SSSR count). The molecular weight excluding hydrogens is 272 g/mol. The van der Waals surface area contributed by atoms with Crippen molar-refractivity contribution in [2.24, 2.45) is 0 Å². The molecule has 0 radical (unpaired) electrons. The van der Waals surface area contributed by atoms with E-state index in [1.165, 1.54) is 0 Å². The molecular formula is C3H4F4O6S2. The largest absolute Gasteiger partial charge is 0.376 e. The number of hydrogen-bond acceptors (Lipinski definition) is 6. The summed E-state index contributed by atoms with van der Waals surface area (Å²) in [6.45, 7) is 0. The molecule has 6 nitrogen and oxygen atoms in total. The lowest BCUT2D eigenvalue weighted by molar-refractivity contribution is -0.433. The second-order valence-electron chi connectivity index (χ2n) is 2.15. The van der Waals surface area contributed by atoms with Gasteiger partial charge in [-0.15, -0.1) is 4.33 Å². The molecule has 0 aromatic carbocycles. The van der Waals surface area contributed by atoms with Crippen LogP contribution in [0.4, 0.5) is 17.6 Å². The van der Waals surface area contributed by atoms with Crippen LogP contribution in [0.15, 0.2) is 0 Å². The smallest absolute Gasteiger partial charge is 0.281 e. The van der Waals surface area contributed by atoms with Crippen LogP contribution in [0.1, 0.15) is 6.42 Å². The molecule has 0 saturated carbocycles. The van der Waals surface area contributed by atoms with Crippen LogP contribution in [0.5, 0.6) is 0 Å². The molecule has 0 aromatic rings. The van der Waals surface area contributed by atoms with E-state index in [4.69, 9.17) is 9.81 Å². The summed E-state index contributed by atoms with van der Waals surface area (Å²) < 4.78 is 80.5. The van der Waals surface area contributed by atoms with Crippen LogP contribution in [-0.4, -0.2) is 28.7 Å². The van der Waals surface area contributed by atoms with Gasteiger partial charge in [-0.3, -0.25) is 4.55 Å². The minimum atomic E-state index is -5.95. The van der Waals surface area contributed by atoms with Crippen molar-refractivity contribution in [1.82, 2.24) is 0 Å². The summed E-state index contributed by atoms with van der Waals surface area (Å²) in [4.78, 5) is 0. The summed E-state index contributed by atoms with van der Waals surface area (Å²) in [5.41, 5.74) is 0. The zero-order chi connectivity index (χ0) is 12.3. The van der Waals surface area contributed by atoms with Crippen molar-refractivity contribution in [2.45, 2.75) is 16.9 Å². The molecule has 92 valence electrons. The highest BCUT2D eigenvalue weighted by molar-refractivity contribution is 7.95. The van der Waals surface area contributed by atoms with Crippen molar-refractivity contribution in [3.63, 3.8) is 0 Å². The first kappa shape index (κ1) is 14.9. The fourth-order valence-corrected chi connectivity index (χ4v) is 1.25. The normalized spacial score (nSPS) is 14.3. The average Bonchev–Trinajstić information content (AvgIpc) is 1.96. The summed E-state index contributed by atoms with van der Waals surface area (Å²) in [5.74, 6) is 0. The third-order valence-corrected chi connectivity index (χ3v) is 2.39. The predicted octanol–water partition coefficient (Wildman–Crippen LogP) is 1.52. The van der Waals surface area contributed by atoms with Gasteiger partial charge in [-0.25, -0.2) is 5.26 Å². The SMILES string of the molecule is O=S(=O)(O)C(F)(F)CC(F)(F)SOOO. The van der Waals surface area contributed by atoms with E-state index in [1.807, 2.05) is 0 Å². The highest BCUT2D eigenvalue weighted by atomic mass is 32.2. The van der Waals surface area contributed by atoms with Crippen LogP contribution in [0, 0.1) is 0 Å². The topological polar surface area (TPSA) is 93.1 Å². The molecule has 2 N–H and O–H groups in total. The van der Waals surface area contributed by atoms with E-state index in [9.17, 15) is 26.0 Å². The summed E-state index contributed by atoms with van der Waals surface area (Å²) in [6, 6.07) is 0. The molecule has 0 heterocycles. The zero-order valence-electron chi connectivity index (χ0n) is 6.56. The van der Waals surface area contributed by atoms with Crippen molar-refractivity contribution in [3.05, 3.63) is 0 Å². The lowest BCUT2D eigenvalue weighted by Gasteiger charge is -2.18. The fourth-order valence-electron chi connectivity index (χ4n) is 0.425. The van der Waals surface area contributed by atoms with Gasteiger partial charge in [0.15, 0.2) is 0 Å². The van der Waals surface area contributed by atoms with Gasteiger partial charge in [0, 0.05) is 0 Å². The third-order valence-electron chi connectivity index (χ3n) is 0.975. The Morgan fingerprint density at radius 3 is 2.07 bits per heavy atom. The Labute approximate surface area is 85.0 Å². The Kier molecular flexibility index (Phi) is 4.75. The van der Waals surface area contributed by atoms with Crippen LogP contribution >= 0.6 is 12.0 Å². The highest BCUT2D eigenvalue weighted by Crippen LogP contribution is 2.41. The van der Waals surface area contributed by atoms with Crippen molar-refractivity contribution >= 4 is 22.2 Å². The third kappa shape index (κ3) is 4.94. The van der Waals surface area contributed by atoms with Crippen molar-refractivity contribution in [2.75, 3.05) is 0 Å². The Morgan fingerprint density at radius 1 is 1.27 bits per heavy atom. The van der Waals surface area contributed by atoms with Gasteiger partial charge in [0.05, 0.1) is 0 Å². The number of hydrogen-bond donors (Lipinski definition) is 2. The second-order valence-corrected chi connectivity index (χ2v) is 4.60. The number of halogens is 4. The van der Waals surface area contributed by atoms with Crippen LogP contribution < -0.4 is 0 Å². The summed E-state index contributed by atoms with van der Waals surface area (Å²) >= 11 is -1.04. The average molecular weight is 276 g/mol. The Hall–Kier alpha value is -0.140. The van der Waals surface area contributed by atoms with E-state index < -0.39 is 39.1 Å². The van der Waals surface area contributed by atoms with Crippen LogP contribution in [0.3, 0.4) is 0 Å². The van der Waals surface area contributed by atoms with E-state index in [0.717, 1.165) is 0 Å². The zero-order valence-corrected chi connectivity index (χ0v) is 8.20. The van der Waals surface area contributed by atoms with E-state index in [0.29, 0.717) is 0 Å².